The molecule has 0 atom stereocenters. The maximum Gasteiger partial charge on any atom is 0.0419 e. The zero-order valence-corrected chi connectivity index (χ0v) is 9.01. The van der Waals surface area contributed by atoms with Crippen molar-refractivity contribution < 1.29 is 0 Å². The Labute approximate surface area is 85.9 Å². The van der Waals surface area contributed by atoms with E-state index >= 15 is 0 Å². The lowest BCUT2D eigenvalue weighted by molar-refractivity contribution is 0.750. The molecular weight excluding hydrogens is 174 g/mol. The van der Waals surface area contributed by atoms with Crippen molar-refractivity contribution in [2.75, 3.05) is 27.2 Å². The van der Waals surface area contributed by atoms with Gasteiger partial charge in [-0.05, 0) is 26.2 Å². The second-order valence-electron chi connectivity index (χ2n) is 3.33. The molecule has 0 fully saturated rings. The Morgan fingerprint density at radius 3 is 1.93 bits per heavy atom. The molecule has 0 saturated carbocycles. The topological polar surface area (TPSA) is 37.0 Å². The predicted octanol–water partition coefficient (Wildman–Crippen LogP) is 0.605. The number of hydrogen-bond donors (Lipinski definition) is 2. The summed E-state index contributed by atoms with van der Waals surface area (Å²) >= 11 is 0. The summed E-state index contributed by atoms with van der Waals surface area (Å²) in [6.45, 7) is 1.98. The third-order valence-electron chi connectivity index (χ3n) is 2.13. The Kier molecular flexibility index (Phi) is 5.19. The van der Waals surface area contributed by atoms with Crippen LogP contribution in [-0.2, 0) is 12.8 Å². The van der Waals surface area contributed by atoms with Crippen molar-refractivity contribution in [2.45, 2.75) is 12.8 Å². The van der Waals surface area contributed by atoms with E-state index in [2.05, 4.69) is 33.8 Å². The van der Waals surface area contributed by atoms with Gasteiger partial charge in [0.05, 0.1) is 0 Å². The highest BCUT2D eigenvalue weighted by Crippen LogP contribution is 2.00. The molecule has 3 heteroatoms. The van der Waals surface area contributed by atoms with Gasteiger partial charge in [0, 0.05) is 37.3 Å². The summed E-state index contributed by atoms with van der Waals surface area (Å²) in [4.78, 5) is 4.57. The molecule has 0 spiro atoms. The molecule has 0 radical (unpaired) electrons. The summed E-state index contributed by atoms with van der Waals surface area (Å²) in [6, 6.07) is 6.25. The maximum atomic E-state index is 4.57. The predicted molar refractivity (Wildman–Crippen MR) is 59.5 cm³/mol. The van der Waals surface area contributed by atoms with Crippen LogP contribution in [0.5, 0.6) is 0 Å². The van der Waals surface area contributed by atoms with Crippen molar-refractivity contribution in [3.63, 3.8) is 0 Å². The number of aromatic nitrogens is 1. The lowest BCUT2D eigenvalue weighted by Gasteiger charge is -2.03. The van der Waals surface area contributed by atoms with Gasteiger partial charge in [0.1, 0.15) is 0 Å². The Balaban J connectivity index is 2.50. The SMILES string of the molecule is CNCCc1cccc(CCNC)n1. The molecule has 0 aromatic carbocycles. The first-order chi connectivity index (χ1) is 6.86. The number of nitrogens with one attached hydrogen (secondary N) is 2. The van der Waals surface area contributed by atoms with Gasteiger partial charge >= 0.3 is 0 Å². The van der Waals surface area contributed by atoms with Gasteiger partial charge in [-0.3, -0.25) is 4.98 Å². The first-order valence-electron chi connectivity index (χ1n) is 5.11. The van der Waals surface area contributed by atoms with Gasteiger partial charge in [0.25, 0.3) is 0 Å². The number of hydrogen-bond acceptors (Lipinski definition) is 3. The monoisotopic (exact) mass is 193 g/mol. The summed E-state index contributed by atoms with van der Waals surface area (Å²) in [5.74, 6) is 0. The van der Waals surface area contributed by atoms with Crippen LogP contribution in [0.2, 0.25) is 0 Å². The van der Waals surface area contributed by atoms with E-state index in [0.717, 1.165) is 25.9 Å². The first-order valence-corrected chi connectivity index (χ1v) is 5.11. The van der Waals surface area contributed by atoms with E-state index in [9.17, 15) is 0 Å². The van der Waals surface area contributed by atoms with Gasteiger partial charge < -0.3 is 10.6 Å². The van der Waals surface area contributed by atoms with Crippen molar-refractivity contribution in [3.8, 4) is 0 Å². The van der Waals surface area contributed by atoms with Crippen LogP contribution in [-0.4, -0.2) is 32.2 Å². The first kappa shape index (κ1) is 11.1. The van der Waals surface area contributed by atoms with Crippen LogP contribution in [0.1, 0.15) is 11.4 Å². The van der Waals surface area contributed by atoms with Crippen molar-refractivity contribution >= 4 is 0 Å². The van der Waals surface area contributed by atoms with E-state index in [-0.39, 0.29) is 0 Å². The minimum absolute atomic E-state index is 0.989. The Bertz CT molecular complexity index is 237. The van der Waals surface area contributed by atoms with Crippen LogP contribution in [0.3, 0.4) is 0 Å². The lowest BCUT2D eigenvalue weighted by atomic mass is 10.2. The fraction of sp³-hybridized carbons (Fsp3) is 0.545. The molecule has 0 amide bonds. The summed E-state index contributed by atoms with van der Waals surface area (Å²) in [6.07, 6.45) is 2.01. The van der Waals surface area contributed by atoms with Crippen LogP contribution in [0.15, 0.2) is 18.2 Å². The summed E-state index contributed by atoms with van der Waals surface area (Å²) in [5, 5.41) is 6.25. The van der Waals surface area contributed by atoms with Gasteiger partial charge in [0.15, 0.2) is 0 Å². The van der Waals surface area contributed by atoms with Crippen LogP contribution in [0.25, 0.3) is 0 Å². The summed E-state index contributed by atoms with van der Waals surface area (Å²) in [5.41, 5.74) is 2.35. The normalized spacial score (nSPS) is 10.4. The second-order valence-corrected chi connectivity index (χ2v) is 3.33. The third kappa shape index (κ3) is 3.85. The van der Waals surface area contributed by atoms with Crippen LogP contribution >= 0.6 is 0 Å². The van der Waals surface area contributed by atoms with Crippen LogP contribution in [0, 0.1) is 0 Å². The number of rotatable bonds is 6. The molecule has 0 aliphatic heterocycles. The zero-order valence-electron chi connectivity index (χ0n) is 9.01. The van der Waals surface area contributed by atoms with E-state index in [0.29, 0.717) is 0 Å². The molecule has 0 bridgehead atoms. The van der Waals surface area contributed by atoms with Crippen LogP contribution < -0.4 is 10.6 Å². The molecule has 0 aliphatic carbocycles. The number of pyridine rings is 1. The molecule has 1 aromatic heterocycles. The standard InChI is InChI=1S/C11H19N3/c1-12-8-6-10-4-3-5-11(14-10)7-9-13-2/h3-5,12-13H,6-9H2,1-2H3. The molecule has 1 rings (SSSR count). The average molecular weight is 193 g/mol. The van der Waals surface area contributed by atoms with Crippen LogP contribution in [0.4, 0.5) is 0 Å². The van der Waals surface area contributed by atoms with E-state index < -0.39 is 0 Å². The van der Waals surface area contributed by atoms with E-state index in [4.69, 9.17) is 0 Å². The lowest BCUT2D eigenvalue weighted by Crippen LogP contribution is -2.13. The molecule has 1 heterocycles. The van der Waals surface area contributed by atoms with E-state index in [1.165, 1.54) is 11.4 Å². The smallest absolute Gasteiger partial charge is 0.0419 e. The van der Waals surface area contributed by atoms with Crippen molar-refractivity contribution in [1.82, 2.24) is 15.6 Å². The summed E-state index contributed by atoms with van der Waals surface area (Å²) in [7, 11) is 3.93. The third-order valence-corrected chi connectivity index (χ3v) is 2.13. The molecule has 2 N–H and O–H groups in total. The fourth-order valence-electron chi connectivity index (χ4n) is 1.31. The van der Waals surface area contributed by atoms with Gasteiger partial charge in [-0.2, -0.15) is 0 Å². The van der Waals surface area contributed by atoms with Gasteiger partial charge in [-0.1, -0.05) is 6.07 Å². The molecule has 1 aromatic rings. The van der Waals surface area contributed by atoms with Gasteiger partial charge in [-0.25, -0.2) is 0 Å². The van der Waals surface area contributed by atoms with Crippen molar-refractivity contribution in [1.29, 1.82) is 0 Å². The second kappa shape index (κ2) is 6.51. The minimum atomic E-state index is 0.989. The number of nitrogens with zero attached hydrogens (tertiary/aromatic N) is 1. The highest BCUT2D eigenvalue weighted by Gasteiger charge is 1.96. The quantitative estimate of drug-likeness (QED) is 0.695. The molecule has 0 saturated heterocycles. The Morgan fingerprint density at radius 2 is 1.50 bits per heavy atom. The fourth-order valence-corrected chi connectivity index (χ4v) is 1.31. The number of likely N-dealkylation sites (N-methyl/N-ethyl adjacent to an activating group) is 2. The highest BCUT2D eigenvalue weighted by molar-refractivity contribution is 5.11. The maximum absolute atomic E-state index is 4.57. The van der Waals surface area contributed by atoms with Gasteiger partial charge in [0.2, 0.25) is 0 Å². The largest absolute Gasteiger partial charge is 0.319 e. The average Bonchev–Trinajstić information content (AvgIpc) is 2.24. The molecule has 3 nitrogen and oxygen atoms in total. The minimum Gasteiger partial charge on any atom is -0.319 e. The van der Waals surface area contributed by atoms with E-state index in [1.54, 1.807) is 0 Å². The van der Waals surface area contributed by atoms with Crippen molar-refractivity contribution in [3.05, 3.63) is 29.6 Å². The Morgan fingerprint density at radius 1 is 1.00 bits per heavy atom. The highest BCUT2D eigenvalue weighted by atomic mass is 14.8. The van der Waals surface area contributed by atoms with E-state index in [1.807, 2.05) is 14.1 Å². The zero-order chi connectivity index (χ0) is 10.2. The summed E-state index contributed by atoms with van der Waals surface area (Å²) < 4.78 is 0. The molecular formula is C11H19N3. The van der Waals surface area contributed by atoms with Crippen molar-refractivity contribution in [2.24, 2.45) is 0 Å². The molecule has 0 unspecified atom stereocenters. The Hall–Kier alpha value is -0.930. The van der Waals surface area contributed by atoms with Gasteiger partial charge in [-0.15, -0.1) is 0 Å². The molecule has 14 heavy (non-hydrogen) atoms. The molecule has 0 aliphatic rings. The molecule has 78 valence electrons.